The zero-order chi connectivity index (χ0) is 20.7. The van der Waals surface area contributed by atoms with E-state index in [0.717, 1.165) is 0 Å². The molecular weight excluding hydrogens is 408 g/mol. The average molecular weight is 421 g/mol. The molecule has 0 aliphatic carbocycles. The van der Waals surface area contributed by atoms with Gasteiger partial charge in [0.25, 0.3) is 5.91 Å². The van der Waals surface area contributed by atoms with E-state index in [4.69, 9.17) is 11.6 Å². The van der Waals surface area contributed by atoms with Gasteiger partial charge in [0.2, 0.25) is 0 Å². The van der Waals surface area contributed by atoms with E-state index in [0.29, 0.717) is 21.7 Å². The average Bonchev–Trinajstić information content (AvgIpc) is 2.97. The minimum absolute atomic E-state index is 0.0197. The number of nitrogens with zero attached hydrogens (tertiary/aromatic N) is 1. The number of nitrogens with one attached hydrogen (secondary N) is 1. The van der Waals surface area contributed by atoms with Crippen LogP contribution in [0.25, 0.3) is 0 Å². The van der Waals surface area contributed by atoms with Crippen molar-refractivity contribution in [3.05, 3.63) is 99.6 Å². The molecule has 1 unspecified atom stereocenters. The highest BCUT2D eigenvalue weighted by atomic mass is 35.5. The van der Waals surface area contributed by atoms with Crippen molar-refractivity contribution in [2.24, 2.45) is 0 Å². The molecule has 0 saturated heterocycles. The summed E-state index contributed by atoms with van der Waals surface area (Å²) in [6.07, 6.45) is -1.06. The Balaban J connectivity index is 1.78. The summed E-state index contributed by atoms with van der Waals surface area (Å²) in [5.41, 5.74) is 0.359. The summed E-state index contributed by atoms with van der Waals surface area (Å²) in [4.78, 5) is 14.2. The normalized spacial score (nSPS) is 15.6. The third-order valence-electron chi connectivity index (χ3n) is 4.75. The topological polar surface area (TPSA) is 32.3 Å². The van der Waals surface area contributed by atoms with Gasteiger partial charge in [0.15, 0.2) is 23.3 Å². The lowest BCUT2D eigenvalue weighted by Crippen LogP contribution is -2.32. The van der Waals surface area contributed by atoms with Crippen LogP contribution >= 0.6 is 11.6 Å². The summed E-state index contributed by atoms with van der Waals surface area (Å²) in [6.45, 7) is 0.0197. The fourth-order valence-electron chi connectivity index (χ4n) is 3.34. The maximum atomic E-state index is 14.2. The first-order valence-electron chi connectivity index (χ1n) is 8.61. The van der Waals surface area contributed by atoms with Gasteiger partial charge in [-0.1, -0.05) is 48.0 Å². The predicted molar refractivity (Wildman–Crippen MR) is 100 cm³/mol. The van der Waals surface area contributed by atoms with Crippen LogP contribution in [0.3, 0.4) is 0 Å². The van der Waals surface area contributed by atoms with Crippen LogP contribution in [-0.2, 0) is 6.54 Å². The Labute approximate surface area is 168 Å². The summed E-state index contributed by atoms with van der Waals surface area (Å²) < 4.78 is 55.7. The van der Waals surface area contributed by atoms with E-state index in [-0.39, 0.29) is 12.6 Å². The van der Waals surface area contributed by atoms with Crippen molar-refractivity contribution in [1.29, 1.82) is 0 Å². The van der Waals surface area contributed by atoms with E-state index in [1.165, 1.54) is 4.90 Å². The molecule has 1 heterocycles. The van der Waals surface area contributed by atoms with E-state index >= 15 is 0 Å². The first-order chi connectivity index (χ1) is 13.9. The second kappa shape index (κ2) is 7.40. The van der Waals surface area contributed by atoms with Gasteiger partial charge < -0.3 is 10.2 Å². The van der Waals surface area contributed by atoms with E-state index in [2.05, 4.69) is 5.32 Å². The number of carbonyl (C=O) groups is 1. The Bertz CT molecular complexity index is 1100. The van der Waals surface area contributed by atoms with Crippen LogP contribution in [0.2, 0.25) is 5.02 Å². The number of carbonyl (C=O) groups excluding carboxylic acids is 1. The van der Waals surface area contributed by atoms with Crippen LogP contribution < -0.4 is 5.32 Å². The van der Waals surface area contributed by atoms with Gasteiger partial charge in [-0.15, -0.1) is 0 Å². The summed E-state index contributed by atoms with van der Waals surface area (Å²) >= 11 is 6.18. The van der Waals surface area contributed by atoms with Crippen molar-refractivity contribution >= 4 is 23.2 Å². The quantitative estimate of drug-likeness (QED) is 0.436. The Kier molecular flexibility index (Phi) is 4.92. The van der Waals surface area contributed by atoms with Gasteiger partial charge >= 0.3 is 0 Å². The van der Waals surface area contributed by atoms with Crippen molar-refractivity contribution < 1.29 is 22.4 Å². The first-order valence-corrected chi connectivity index (χ1v) is 8.99. The van der Waals surface area contributed by atoms with E-state index < -0.39 is 41.0 Å². The number of anilines is 1. The molecule has 3 aromatic rings. The molecule has 0 aromatic heterocycles. The van der Waals surface area contributed by atoms with Crippen molar-refractivity contribution in [2.75, 3.05) is 5.32 Å². The van der Waals surface area contributed by atoms with Gasteiger partial charge in [-0.2, -0.15) is 0 Å². The maximum absolute atomic E-state index is 14.2. The second-order valence-corrected chi connectivity index (χ2v) is 6.91. The minimum atomic E-state index is -1.57. The molecule has 148 valence electrons. The van der Waals surface area contributed by atoms with Crippen molar-refractivity contribution in [1.82, 2.24) is 4.90 Å². The van der Waals surface area contributed by atoms with Gasteiger partial charge in [0.05, 0.1) is 0 Å². The van der Waals surface area contributed by atoms with Gasteiger partial charge in [-0.05, 0) is 17.7 Å². The van der Waals surface area contributed by atoms with Crippen LogP contribution in [0, 0.1) is 23.3 Å². The Morgan fingerprint density at radius 3 is 2.24 bits per heavy atom. The standard InChI is InChI=1S/C21H13ClF4N2O/c22-14-8-4-1-5-11(14)10-28-20(12-6-2-3-7-13(12)21(28)29)27-19-17(25)15(23)9-16(24)18(19)26/h1-9,20,27H,10H2. The zero-order valence-corrected chi connectivity index (χ0v) is 15.5. The fraction of sp³-hybridized carbons (Fsp3) is 0.0952. The highest BCUT2D eigenvalue weighted by Gasteiger charge is 2.38. The molecule has 0 saturated carbocycles. The Hall–Kier alpha value is -3.06. The van der Waals surface area contributed by atoms with Crippen LogP contribution in [0.15, 0.2) is 54.6 Å². The number of fused-ring (bicyclic) bond motifs is 1. The van der Waals surface area contributed by atoms with Crippen LogP contribution in [0.4, 0.5) is 23.2 Å². The third kappa shape index (κ3) is 3.31. The van der Waals surface area contributed by atoms with Gasteiger partial charge in [0, 0.05) is 28.8 Å². The summed E-state index contributed by atoms with van der Waals surface area (Å²) in [5.74, 6) is -6.63. The monoisotopic (exact) mass is 420 g/mol. The summed E-state index contributed by atoms with van der Waals surface area (Å²) in [6, 6.07) is 13.4. The van der Waals surface area contributed by atoms with E-state index in [1.54, 1.807) is 48.5 Å². The molecule has 8 heteroatoms. The third-order valence-corrected chi connectivity index (χ3v) is 5.12. The Morgan fingerprint density at radius 1 is 0.931 bits per heavy atom. The molecule has 1 aliphatic rings. The highest BCUT2D eigenvalue weighted by molar-refractivity contribution is 6.31. The predicted octanol–water partition coefficient (Wildman–Crippen LogP) is 5.66. The Morgan fingerprint density at radius 2 is 1.55 bits per heavy atom. The largest absolute Gasteiger partial charge is 0.356 e. The molecule has 4 rings (SSSR count). The van der Waals surface area contributed by atoms with Crippen LogP contribution in [0.1, 0.15) is 27.7 Å². The molecule has 1 amide bonds. The molecule has 1 aliphatic heterocycles. The number of hydrogen-bond acceptors (Lipinski definition) is 2. The lowest BCUT2D eigenvalue weighted by atomic mass is 10.1. The molecule has 3 nitrogen and oxygen atoms in total. The van der Waals surface area contributed by atoms with Crippen molar-refractivity contribution in [3.8, 4) is 0 Å². The SMILES string of the molecule is O=C1c2ccccc2C(Nc2c(F)c(F)cc(F)c2F)N1Cc1ccccc1Cl. The molecule has 1 N–H and O–H groups in total. The lowest BCUT2D eigenvalue weighted by Gasteiger charge is -2.28. The summed E-state index contributed by atoms with van der Waals surface area (Å²) in [7, 11) is 0. The molecule has 0 radical (unpaired) electrons. The number of hydrogen-bond donors (Lipinski definition) is 1. The maximum Gasteiger partial charge on any atom is 0.256 e. The molecule has 29 heavy (non-hydrogen) atoms. The second-order valence-electron chi connectivity index (χ2n) is 6.50. The molecule has 0 bridgehead atoms. The van der Waals surface area contributed by atoms with E-state index in [1.807, 2.05) is 0 Å². The molecule has 3 aromatic carbocycles. The molecular formula is C21H13ClF4N2O. The zero-order valence-electron chi connectivity index (χ0n) is 14.7. The molecule has 1 atom stereocenters. The van der Waals surface area contributed by atoms with Crippen molar-refractivity contribution in [3.63, 3.8) is 0 Å². The van der Waals surface area contributed by atoms with Crippen LogP contribution in [0.5, 0.6) is 0 Å². The number of rotatable bonds is 4. The number of amides is 1. The first kappa shape index (κ1) is 19.3. The number of halogens is 5. The molecule has 0 spiro atoms. The van der Waals surface area contributed by atoms with Gasteiger partial charge in [-0.3, -0.25) is 4.79 Å². The van der Waals surface area contributed by atoms with Gasteiger partial charge in [0.1, 0.15) is 11.9 Å². The number of benzene rings is 3. The lowest BCUT2D eigenvalue weighted by molar-refractivity contribution is 0.0728. The molecule has 0 fully saturated rings. The smallest absolute Gasteiger partial charge is 0.256 e. The fourth-order valence-corrected chi connectivity index (χ4v) is 3.53. The van der Waals surface area contributed by atoms with Crippen molar-refractivity contribution in [2.45, 2.75) is 12.7 Å². The van der Waals surface area contributed by atoms with E-state index in [9.17, 15) is 22.4 Å². The highest BCUT2D eigenvalue weighted by Crippen LogP contribution is 2.38. The van der Waals surface area contributed by atoms with Crippen LogP contribution in [-0.4, -0.2) is 10.8 Å². The van der Waals surface area contributed by atoms with Gasteiger partial charge in [-0.25, -0.2) is 17.6 Å². The summed E-state index contributed by atoms with van der Waals surface area (Å²) in [5, 5.41) is 2.87. The minimum Gasteiger partial charge on any atom is -0.356 e.